The molecule has 1 amide bonds. The molecular formula is C20H24Cl2N2O3. The van der Waals surface area contributed by atoms with Crippen LogP contribution in [0.3, 0.4) is 0 Å². The normalized spacial score (nSPS) is 13.1. The number of benzene rings is 1. The van der Waals surface area contributed by atoms with Gasteiger partial charge in [0.2, 0.25) is 5.91 Å². The molecule has 7 heteroatoms. The highest BCUT2D eigenvalue weighted by Crippen LogP contribution is 2.29. The van der Waals surface area contributed by atoms with Gasteiger partial charge in [-0.3, -0.25) is 9.78 Å². The molecule has 0 aliphatic heterocycles. The Bertz CT molecular complexity index is 786. The Balaban J connectivity index is 2.21. The highest BCUT2D eigenvalue weighted by atomic mass is 35.5. The number of hydrogen-bond acceptors (Lipinski definition) is 4. The monoisotopic (exact) mass is 410 g/mol. The Labute approximate surface area is 169 Å². The molecular weight excluding hydrogens is 387 g/mol. The van der Waals surface area contributed by atoms with Gasteiger partial charge in [-0.25, -0.2) is 0 Å². The molecule has 1 aromatic heterocycles. The number of amides is 1. The van der Waals surface area contributed by atoms with Crippen LogP contribution < -0.4 is 4.74 Å². The fourth-order valence-electron chi connectivity index (χ4n) is 2.95. The van der Waals surface area contributed by atoms with Gasteiger partial charge in [-0.05, 0) is 37.1 Å². The van der Waals surface area contributed by atoms with Crippen molar-refractivity contribution in [3.05, 3.63) is 57.8 Å². The van der Waals surface area contributed by atoms with Crippen molar-refractivity contribution in [1.82, 2.24) is 9.88 Å². The molecule has 1 unspecified atom stereocenters. The summed E-state index contributed by atoms with van der Waals surface area (Å²) < 4.78 is 5.31. The van der Waals surface area contributed by atoms with Gasteiger partial charge in [0.25, 0.3) is 0 Å². The Morgan fingerprint density at radius 2 is 2.04 bits per heavy atom. The lowest BCUT2D eigenvalue weighted by Crippen LogP contribution is -2.43. The number of halogens is 2. The number of methoxy groups -OCH3 is 1. The van der Waals surface area contributed by atoms with Crippen LogP contribution in [0.2, 0.25) is 10.0 Å². The average molecular weight is 411 g/mol. The zero-order valence-electron chi connectivity index (χ0n) is 15.7. The highest BCUT2D eigenvalue weighted by molar-refractivity contribution is 6.42. The van der Waals surface area contributed by atoms with Crippen LogP contribution in [0.15, 0.2) is 36.7 Å². The number of rotatable bonds is 8. The van der Waals surface area contributed by atoms with Gasteiger partial charge in [0.1, 0.15) is 11.9 Å². The molecule has 0 bridgehead atoms. The van der Waals surface area contributed by atoms with E-state index in [0.717, 1.165) is 12.0 Å². The van der Waals surface area contributed by atoms with Gasteiger partial charge in [0.05, 0.1) is 29.6 Å². The SMILES string of the molecule is CCCN(C(=O)Cc1ccc(Cl)c(Cl)c1)[C@H](C)C(O)c1cnccc1OC. The summed E-state index contributed by atoms with van der Waals surface area (Å²) in [5, 5.41) is 11.7. The van der Waals surface area contributed by atoms with Crippen LogP contribution in [0.25, 0.3) is 0 Å². The molecule has 27 heavy (non-hydrogen) atoms. The van der Waals surface area contributed by atoms with E-state index in [2.05, 4.69) is 4.98 Å². The molecule has 0 saturated heterocycles. The second-order valence-corrected chi connectivity index (χ2v) is 7.13. The minimum atomic E-state index is -0.919. The summed E-state index contributed by atoms with van der Waals surface area (Å²) in [6.07, 6.45) is 3.19. The zero-order chi connectivity index (χ0) is 20.0. The number of hydrogen-bond donors (Lipinski definition) is 1. The Morgan fingerprint density at radius 1 is 1.30 bits per heavy atom. The van der Waals surface area contributed by atoms with Crippen molar-refractivity contribution in [2.75, 3.05) is 13.7 Å². The lowest BCUT2D eigenvalue weighted by molar-refractivity contribution is -0.135. The second-order valence-electron chi connectivity index (χ2n) is 6.32. The van der Waals surface area contributed by atoms with Crippen LogP contribution in [-0.4, -0.2) is 40.6 Å². The van der Waals surface area contributed by atoms with Crippen LogP contribution in [0.4, 0.5) is 0 Å². The number of aliphatic hydroxyl groups is 1. The maximum atomic E-state index is 12.9. The summed E-state index contributed by atoms with van der Waals surface area (Å²) in [6, 6.07) is 6.39. The second kappa shape index (κ2) is 9.93. The summed E-state index contributed by atoms with van der Waals surface area (Å²) >= 11 is 12.0. The molecule has 1 aromatic carbocycles. The van der Waals surface area contributed by atoms with Crippen molar-refractivity contribution in [1.29, 1.82) is 0 Å². The van der Waals surface area contributed by atoms with Gasteiger partial charge in [-0.2, -0.15) is 0 Å². The summed E-state index contributed by atoms with van der Waals surface area (Å²) in [7, 11) is 1.54. The van der Waals surface area contributed by atoms with E-state index >= 15 is 0 Å². The predicted octanol–water partition coefficient (Wildman–Crippen LogP) is 4.30. The smallest absolute Gasteiger partial charge is 0.227 e. The molecule has 2 rings (SSSR count). The highest BCUT2D eigenvalue weighted by Gasteiger charge is 2.28. The molecule has 0 aliphatic carbocycles. The third-order valence-electron chi connectivity index (χ3n) is 4.42. The average Bonchev–Trinajstić information content (AvgIpc) is 2.67. The maximum absolute atomic E-state index is 12.9. The van der Waals surface area contributed by atoms with E-state index in [9.17, 15) is 9.90 Å². The standard InChI is InChI=1S/C20H24Cl2N2O3/c1-4-9-24(19(25)11-14-5-6-16(21)17(22)10-14)13(2)20(26)15-12-23-8-7-18(15)27-3/h5-8,10,12-13,20,26H,4,9,11H2,1-3H3/t13-,20?/m1/s1. The van der Waals surface area contributed by atoms with Crippen LogP contribution in [0.1, 0.15) is 37.5 Å². The molecule has 0 saturated carbocycles. The van der Waals surface area contributed by atoms with Gasteiger partial charge in [-0.15, -0.1) is 0 Å². The summed E-state index contributed by atoms with van der Waals surface area (Å²) in [4.78, 5) is 18.7. The third-order valence-corrected chi connectivity index (χ3v) is 5.16. The van der Waals surface area contributed by atoms with Crippen LogP contribution in [0, 0.1) is 0 Å². The minimum absolute atomic E-state index is 0.0929. The fraction of sp³-hybridized carbons (Fsp3) is 0.400. The number of carbonyl (C=O) groups excluding carboxylic acids is 1. The molecule has 5 nitrogen and oxygen atoms in total. The summed E-state index contributed by atoms with van der Waals surface area (Å²) in [6.45, 7) is 4.34. The predicted molar refractivity (Wildman–Crippen MR) is 107 cm³/mol. The van der Waals surface area contributed by atoms with Gasteiger partial charge in [-0.1, -0.05) is 36.2 Å². The van der Waals surface area contributed by atoms with Crippen molar-refractivity contribution in [2.45, 2.75) is 38.8 Å². The Morgan fingerprint density at radius 3 is 2.67 bits per heavy atom. The van der Waals surface area contributed by atoms with Crippen molar-refractivity contribution < 1.29 is 14.6 Å². The fourth-order valence-corrected chi connectivity index (χ4v) is 3.28. The van der Waals surface area contributed by atoms with Gasteiger partial charge in [0.15, 0.2) is 0 Å². The van der Waals surface area contributed by atoms with Crippen LogP contribution in [0.5, 0.6) is 5.75 Å². The number of carbonyl (C=O) groups is 1. The molecule has 1 N–H and O–H groups in total. The van der Waals surface area contributed by atoms with E-state index in [4.69, 9.17) is 27.9 Å². The van der Waals surface area contributed by atoms with E-state index < -0.39 is 12.1 Å². The van der Waals surface area contributed by atoms with E-state index in [1.807, 2.05) is 13.8 Å². The Kier molecular flexibility index (Phi) is 7.90. The zero-order valence-corrected chi connectivity index (χ0v) is 17.2. The van der Waals surface area contributed by atoms with E-state index in [1.165, 1.54) is 7.11 Å². The number of nitrogens with zero attached hydrogens (tertiary/aromatic N) is 2. The minimum Gasteiger partial charge on any atom is -0.496 e. The number of aliphatic hydroxyl groups excluding tert-OH is 1. The summed E-state index contributed by atoms with van der Waals surface area (Å²) in [5.74, 6) is 0.447. The molecule has 0 aliphatic rings. The molecule has 0 spiro atoms. The van der Waals surface area contributed by atoms with E-state index in [-0.39, 0.29) is 12.3 Å². The number of aromatic nitrogens is 1. The lowest BCUT2D eigenvalue weighted by atomic mass is 10.0. The first-order valence-electron chi connectivity index (χ1n) is 8.78. The lowest BCUT2D eigenvalue weighted by Gasteiger charge is -2.33. The molecule has 0 fully saturated rings. The molecule has 1 heterocycles. The molecule has 2 atom stereocenters. The Hall–Kier alpha value is -1.82. The molecule has 146 valence electrons. The first-order chi connectivity index (χ1) is 12.9. The summed E-state index contributed by atoms with van der Waals surface area (Å²) in [5.41, 5.74) is 1.33. The molecule has 2 aromatic rings. The number of pyridine rings is 1. The first-order valence-corrected chi connectivity index (χ1v) is 9.54. The van der Waals surface area contributed by atoms with Gasteiger partial charge in [0, 0.05) is 24.5 Å². The topological polar surface area (TPSA) is 62.7 Å². The van der Waals surface area contributed by atoms with Crippen LogP contribution in [-0.2, 0) is 11.2 Å². The molecule has 0 radical (unpaired) electrons. The van der Waals surface area contributed by atoms with E-state index in [0.29, 0.717) is 27.9 Å². The third kappa shape index (κ3) is 5.34. The quantitative estimate of drug-likeness (QED) is 0.704. The maximum Gasteiger partial charge on any atom is 0.227 e. The van der Waals surface area contributed by atoms with Crippen LogP contribution >= 0.6 is 23.2 Å². The van der Waals surface area contributed by atoms with Crippen molar-refractivity contribution in [2.24, 2.45) is 0 Å². The largest absolute Gasteiger partial charge is 0.496 e. The van der Waals surface area contributed by atoms with Gasteiger partial charge < -0.3 is 14.7 Å². The van der Waals surface area contributed by atoms with Gasteiger partial charge >= 0.3 is 0 Å². The van der Waals surface area contributed by atoms with E-state index in [1.54, 1.807) is 41.6 Å². The first kappa shape index (κ1) is 21.5. The van der Waals surface area contributed by atoms with Crippen molar-refractivity contribution >= 4 is 29.1 Å². The van der Waals surface area contributed by atoms with Crippen molar-refractivity contribution in [3.63, 3.8) is 0 Å². The number of ether oxygens (including phenoxy) is 1. The van der Waals surface area contributed by atoms with Crippen molar-refractivity contribution in [3.8, 4) is 5.75 Å².